The Morgan fingerprint density at radius 3 is 1.12 bits per heavy atom. The third kappa shape index (κ3) is 18.5. The maximum atomic E-state index is 2.54. The molecule has 1 aromatic rings. The molecule has 34 heavy (non-hydrogen) atoms. The molecule has 1 heterocycles. The lowest BCUT2D eigenvalue weighted by Gasteiger charge is -2.07. The molecule has 0 spiro atoms. The minimum Gasteiger partial charge on any atom is -0.205 e. The Balaban J connectivity index is 2.41. The predicted molar refractivity (Wildman–Crippen MR) is 153 cm³/mol. The van der Waals surface area contributed by atoms with Crippen LogP contribution in [-0.2, 0) is 19.4 Å². The van der Waals surface area contributed by atoms with Gasteiger partial charge in [-0.3, -0.25) is 0 Å². The Kier molecular flexibility index (Phi) is 21.9. The molecule has 1 heteroatoms. The summed E-state index contributed by atoms with van der Waals surface area (Å²) in [6.07, 6.45) is 38.4. The van der Waals surface area contributed by atoms with Crippen LogP contribution in [0.5, 0.6) is 0 Å². The van der Waals surface area contributed by atoms with Gasteiger partial charge in [0.1, 0.15) is 6.54 Å². The van der Waals surface area contributed by atoms with E-state index in [-0.39, 0.29) is 0 Å². The van der Waals surface area contributed by atoms with Gasteiger partial charge in [-0.15, -0.1) is 0 Å². The van der Waals surface area contributed by atoms with Gasteiger partial charge in [0.15, 0.2) is 12.4 Å². The summed E-state index contributed by atoms with van der Waals surface area (Å²) in [6, 6.07) is 2.54. The SMILES string of the molecule is CCCCCCCCCCc1cc(CCCCCCCCCC)c[n+](CCCCCCCC)c1. The third-order valence-corrected chi connectivity index (χ3v) is 7.44. The topological polar surface area (TPSA) is 3.88 Å². The summed E-state index contributed by atoms with van der Waals surface area (Å²) in [5.74, 6) is 0. The zero-order valence-electron chi connectivity index (χ0n) is 23.9. The Bertz CT molecular complexity index is 511. The second-order valence-corrected chi connectivity index (χ2v) is 11.0. The highest BCUT2D eigenvalue weighted by Crippen LogP contribution is 2.15. The first kappa shape index (κ1) is 31.2. The lowest BCUT2D eigenvalue weighted by molar-refractivity contribution is -0.698. The molecule has 0 aromatic carbocycles. The summed E-state index contributed by atoms with van der Waals surface area (Å²) in [4.78, 5) is 0. The number of nitrogens with zero attached hydrogens (tertiary/aromatic N) is 1. The van der Waals surface area contributed by atoms with Crippen LogP contribution in [0.15, 0.2) is 18.5 Å². The molecule has 1 aromatic heterocycles. The zero-order valence-corrected chi connectivity index (χ0v) is 23.9. The standard InChI is InChI=1S/C33H62N/c1-4-7-10-13-16-18-20-23-26-32-29-33(27-24-21-19-17-14-11-8-5-2)31-34(30-32)28-25-22-15-12-9-6-3/h29-31H,4-28H2,1-3H3/q+1. The number of hydrogen-bond donors (Lipinski definition) is 0. The van der Waals surface area contributed by atoms with Gasteiger partial charge in [0.2, 0.25) is 0 Å². The van der Waals surface area contributed by atoms with Crippen LogP contribution < -0.4 is 4.57 Å². The largest absolute Gasteiger partial charge is 0.205 e. The average molecular weight is 473 g/mol. The Hall–Kier alpha value is -0.850. The fourth-order valence-electron chi connectivity index (χ4n) is 5.18. The molecule has 0 bridgehead atoms. The average Bonchev–Trinajstić information content (AvgIpc) is 2.84. The number of pyridine rings is 1. The maximum absolute atomic E-state index is 2.54. The highest BCUT2D eigenvalue weighted by atomic mass is 14.9. The molecule has 0 radical (unpaired) electrons. The van der Waals surface area contributed by atoms with Crippen LogP contribution in [0.25, 0.3) is 0 Å². The summed E-state index contributed by atoms with van der Waals surface area (Å²) in [6.45, 7) is 8.13. The smallest absolute Gasteiger partial charge is 0.171 e. The van der Waals surface area contributed by atoms with Gasteiger partial charge >= 0.3 is 0 Å². The normalized spacial score (nSPS) is 11.4. The van der Waals surface area contributed by atoms with Crippen LogP contribution >= 0.6 is 0 Å². The lowest BCUT2D eigenvalue weighted by atomic mass is 10.0. The number of unbranched alkanes of at least 4 members (excludes halogenated alkanes) is 19. The van der Waals surface area contributed by atoms with Gasteiger partial charge in [-0.25, -0.2) is 4.57 Å². The van der Waals surface area contributed by atoms with E-state index in [1.54, 1.807) is 11.1 Å². The summed E-state index contributed by atoms with van der Waals surface area (Å²) >= 11 is 0. The van der Waals surface area contributed by atoms with Gasteiger partial charge in [0.25, 0.3) is 0 Å². The number of aromatic nitrogens is 1. The lowest BCUT2D eigenvalue weighted by Crippen LogP contribution is -2.34. The molecular weight excluding hydrogens is 410 g/mol. The Labute approximate surface area is 215 Å². The molecule has 1 rings (SSSR count). The van der Waals surface area contributed by atoms with Crippen molar-refractivity contribution in [3.63, 3.8) is 0 Å². The van der Waals surface area contributed by atoms with Gasteiger partial charge < -0.3 is 0 Å². The van der Waals surface area contributed by atoms with Crippen LogP contribution in [0.4, 0.5) is 0 Å². The second-order valence-electron chi connectivity index (χ2n) is 11.0. The van der Waals surface area contributed by atoms with Crippen LogP contribution in [-0.4, -0.2) is 0 Å². The second kappa shape index (κ2) is 23.9. The molecular formula is C33H62N+. The fourth-order valence-corrected chi connectivity index (χ4v) is 5.18. The predicted octanol–water partition coefficient (Wildman–Crippen LogP) is 10.7. The summed E-state index contributed by atoms with van der Waals surface area (Å²) < 4.78 is 2.54. The van der Waals surface area contributed by atoms with Crippen molar-refractivity contribution < 1.29 is 4.57 Å². The molecule has 0 saturated carbocycles. The van der Waals surface area contributed by atoms with E-state index in [9.17, 15) is 0 Å². The van der Waals surface area contributed by atoms with Crippen molar-refractivity contribution in [2.24, 2.45) is 0 Å². The van der Waals surface area contributed by atoms with E-state index in [1.807, 2.05) is 0 Å². The minimum absolute atomic E-state index is 1.21. The Morgan fingerprint density at radius 1 is 0.412 bits per heavy atom. The van der Waals surface area contributed by atoms with Crippen molar-refractivity contribution in [3.05, 3.63) is 29.6 Å². The molecule has 0 aliphatic heterocycles. The van der Waals surface area contributed by atoms with Crippen LogP contribution in [0, 0.1) is 0 Å². The molecule has 198 valence electrons. The van der Waals surface area contributed by atoms with E-state index >= 15 is 0 Å². The fraction of sp³-hybridized carbons (Fsp3) is 0.848. The van der Waals surface area contributed by atoms with Gasteiger partial charge in [-0.05, 0) is 38.2 Å². The first-order valence-electron chi connectivity index (χ1n) is 15.8. The molecule has 0 unspecified atom stereocenters. The van der Waals surface area contributed by atoms with Crippen molar-refractivity contribution >= 4 is 0 Å². The van der Waals surface area contributed by atoms with E-state index in [2.05, 4.69) is 43.8 Å². The first-order valence-corrected chi connectivity index (χ1v) is 15.8. The monoisotopic (exact) mass is 472 g/mol. The van der Waals surface area contributed by atoms with E-state index in [4.69, 9.17) is 0 Å². The van der Waals surface area contributed by atoms with Gasteiger partial charge in [0.05, 0.1) is 0 Å². The third-order valence-electron chi connectivity index (χ3n) is 7.44. The number of hydrogen-bond acceptors (Lipinski definition) is 0. The molecule has 0 fully saturated rings. The van der Waals surface area contributed by atoms with Crippen molar-refractivity contribution in [2.75, 3.05) is 0 Å². The van der Waals surface area contributed by atoms with Crippen molar-refractivity contribution in [1.82, 2.24) is 0 Å². The van der Waals surface area contributed by atoms with E-state index < -0.39 is 0 Å². The van der Waals surface area contributed by atoms with Gasteiger partial charge in [-0.1, -0.05) is 136 Å². The summed E-state index contributed by atoms with van der Waals surface area (Å²) in [5.41, 5.74) is 3.18. The zero-order chi connectivity index (χ0) is 24.5. The molecule has 0 N–H and O–H groups in total. The van der Waals surface area contributed by atoms with E-state index in [1.165, 1.54) is 161 Å². The first-order chi connectivity index (χ1) is 16.8. The van der Waals surface area contributed by atoms with Crippen LogP contribution in [0.3, 0.4) is 0 Å². The summed E-state index contributed by atoms with van der Waals surface area (Å²) in [7, 11) is 0. The van der Waals surface area contributed by atoms with Crippen LogP contribution in [0.2, 0.25) is 0 Å². The van der Waals surface area contributed by atoms with E-state index in [0.29, 0.717) is 0 Å². The van der Waals surface area contributed by atoms with Crippen molar-refractivity contribution in [2.45, 2.75) is 181 Å². The van der Waals surface area contributed by atoms with Gasteiger partial charge in [-0.2, -0.15) is 0 Å². The van der Waals surface area contributed by atoms with Crippen molar-refractivity contribution in [3.8, 4) is 0 Å². The molecule has 1 nitrogen and oxygen atoms in total. The summed E-state index contributed by atoms with van der Waals surface area (Å²) in [5, 5.41) is 0. The molecule has 0 amide bonds. The molecule has 0 saturated heterocycles. The Morgan fingerprint density at radius 2 is 0.735 bits per heavy atom. The highest BCUT2D eigenvalue weighted by molar-refractivity contribution is 5.15. The van der Waals surface area contributed by atoms with Crippen molar-refractivity contribution in [1.29, 1.82) is 0 Å². The number of aryl methyl sites for hydroxylation is 3. The molecule has 0 atom stereocenters. The minimum atomic E-state index is 1.21. The highest BCUT2D eigenvalue weighted by Gasteiger charge is 2.08. The maximum Gasteiger partial charge on any atom is 0.171 e. The van der Waals surface area contributed by atoms with Gasteiger partial charge in [0, 0.05) is 17.5 Å². The number of rotatable bonds is 25. The molecule has 0 aliphatic rings. The van der Waals surface area contributed by atoms with E-state index in [0.717, 1.165) is 0 Å². The molecule has 0 aliphatic carbocycles. The quantitative estimate of drug-likeness (QED) is 0.0983. The van der Waals surface area contributed by atoms with Crippen LogP contribution in [0.1, 0.15) is 173 Å².